The fraction of sp³-hybridized carbons (Fsp3) is 0.682. The van der Waals surface area contributed by atoms with Crippen LogP contribution >= 0.6 is 7.92 Å². The number of rotatable bonds is 3. The van der Waals surface area contributed by atoms with Gasteiger partial charge in [-0.1, -0.05) is 64.6 Å². The number of hydrogen-bond donors (Lipinski definition) is 0. The van der Waals surface area contributed by atoms with Gasteiger partial charge in [0.1, 0.15) is 0 Å². The molecule has 1 aliphatic heterocycles. The van der Waals surface area contributed by atoms with Gasteiger partial charge in [0, 0.05) is 11.4 Å². The second-order valence-corrected chi connectivity index (χ2v) is 10.7. The molecule has 1 saturated heterocycles. The van der Waals surface area contributed by atoms with Gasteiger partial charge >= 0.3 is 0 Å². The Balaban J connectivity index is 1.60. The first-order valence-corrected chi connectivity index (χ1v) is 11.9. The molecule has 0 N–H and O–H groups in total. The van der Waals surface area contributed by atoms with Gasteiger partial charge in [0.15, 0.2) is 0 Å². The minimum atomic E-state index is 0.0355. The molecule has 1 heterocycles. The Labute approximate surface area is 149 Å². The van der Waals surface area contributed by atoms with Crippen molar-refractivity contribution in [3.8, 4) is 0 Å². The third kappa shape index (κ3) is 3.77. The van der Waals surface area contributed by atoms with Crippen molar-refractivity contribution in [1.29, 1.82) is 0 Å². The van der Waals surface area contributed by atoms with Crippen molar-refractivity contribution in [2.75, 3.05) is 6.16 Å². The van der Waals surface area contributed by atoms with E-state index < -0.39 is 0 Å². The molecule has 0 spiro atoms. The quantitative estimate of drug-likeness (QED) is 0.518. The Bertz CT molecular complexity index is 512. The highest BCUT2D eigenvalue weighted by Gasteiger charge is 2.40. The molecule has 3 aliphatic rings. The molecule has 2 unspecified atom stereocenters. The van der Waals surface area contributed by atoms with Gasteiger partial charge in [-0.25, -0.2) is 0 Å². The molecule has 0 amide bonds. The molecule has 1 nitrogen and oxygen atoms in total. The topological polar surface area (TPSA) is 12.4 Å². The predicted molar refractivity (Wildman–Crippen MR) is 107 cm³/mol. The molecule has 0 radical (unpaired) electrons. The SMILES string of the molecule is c1ccc(N=C2C(C3CCCCC3)CCP2C2CCCCC2)cc1. The van der Waals surface area contributed by atoms with E-state index in [1.807, 2.05) is 0 Å². The van der Waals surface area contributed by atoms with Crippen molar-refractivity contribution >= 4 is 19.1 Å². The van der Waals surface area contributed by atoms with Crippen molar-refractivity contribution in [3.05, 3.63) is 30.3 Å². The van der Waals surface area contributed by atoms with Crippen molar-refractivity contribution in [1.82, 2.24) is 0 Å². The average molecular weight is 341 g/mol. The molecule has 4 rings (SSSR count). The first kappa shape index (κ1) is 16.8. The lowest BCUT2D eigenvalue weighted by Crippen LogP contribution is -2.22. The Morgan fingerprint density at radius 1 is 0.750 bits per heavy atom. The summed E-state index contributed by atoms with van der Waals surface area (Å²) in [6.45, 7) is 0. The van der Waals surface area contributed by atoms with Crippen molar-refractivity contribution in [3.63, 3.8) is 0 Å². The maximum Gasteiger partial charge on any atom is 0.0633 e. The lowest BCUT2D eigenvalue weighted by molar-refractivity contribution is 0.300. The zero-order chi connectivity index (χ0) is 16.2. The molecule has 24 heavy (non-hydrogen) atoms. The van der Waals surface area contributed by atoms with E-state index in [0.717, 1.165) is 17.5 Å². The smallest absolute Gasteiger partial charge is 0.0633 e. The minimum Gasteiger partial charge on any atom is -0.253 e. The average Bonchev–Trinajstić information content (AvgIpc) is 3.07. The summed E-state index contributed by atoms with van der Waals surface area (Å²) in [7, 11) is 0.0355. The minimum absolute atomic E-state index is 0.0355. The van der Waals surface area contributed by atoms with Gasteiger partial charge in [0.25, 0.3) is 0 Å². The molecule has 2 aliphatic carbocycles. The van der Waals surface area contributed by atoms with Crippen molar-refractivity contribution < 1.29 is 0 Å². The van der Waals surface area contributed by atoms with E-state index >= 15 is 0 Å². The van der Waals surface area contributed by atoms with Crippen molar-refractivity contribution in [2.45, 2.75) is 76.3 Å². The van der Waals surface area contributed by atoms with Gasteiger partial charge in [-0.3, -0.25) is 4.99 Å². The number of para-hydroxylation sites is 1. The van der Waals surface area contributed by atoms with Gasteiger partial charge in [0.05, 0.1) is 5.69 Å². The monoisotopic (exact) mass is 341 g/mol. The number of nitrogens with zero attached hydrogens (tertiary/aromatic N) is 1. The third-order valence-corrected chi connectivity index (χ3v) is 9.70. The molecule has 2 heteroatoms. The highest BCUT2D eigenvalue weighted by atomic mass is 31.1. The molecule has 0 bridgehead atoms. The van der Waals surface area contributed by atoms with Gasteiger partial charge in [0.2, 0.25) is 0 Å². The highest BCUT2D eigenvalue weighted by molar-refractivity contribution is 7.76. The van der Waals surface area contributed by atoms with Crippen LogP contribution in [0.3, 0.4) is 0 Å². The molecule has 3 fully saturated rings. The lowest BCUT2D eigenvalue weighted by atomic mass is 9.79. The Hall–Kier alpha value is -0.680. The van der Waals surface area contributed by atoms with E-state index in [1.54, 1.807) is 5.45 Å². The molecule has 1 aromatic carbocycles. The van der Waals surface area contributed by atoms with Gasteiger partial charge in [-0.2, -0.15) is 0 Å². The molecule has 0 aromatic heterocycles. The van der Waals surface area contributed by atoms with Crippen LogP contribution in [0.5, 0.6) is 0 Å². The van der Waals surface area contributed by atoms with Crippen LogP contribution in [0.25, 0.3) is 0 Å². The van der Waals surface area contributed by atoms with Gasteiger partial charge in [-0.15, -0.1) is 0 Å². The van der Waals surface area contributed by atoms with Crippen LogP contribution in [0.4, 0.5) is 5.69 Å². The Morgan fingerprint density at radius 2 is 1.42 bits per heavy atom. The van der Waals surface area contributed by atoms with Crippen LogP contribution in [-0.2, 0) is 0 Å². The van der Waals surface area contributed by atoms with Crippen LogP contribution in [0, 0.1) is 11.8 Å². The zero-order valence-corrected chi connectivity index (χ0v) is 15.9. The first-order chi connectivity index (χ1) is 11.9. The molecule has 130 valence electrons. The van der Waals surface area contributed by atoms with E-state index in [2.05, 4.69) is 30.3 Å². The van der Waals surface area contributed by atoms with Gasteiger partial charge < -0.3 is 0 Å². The highest BCUT2D eigenvalue weighted by Crippen LogP contribution is 2.59. The predicted octanol–water partition coefficient (Wildman–Crippen LogP) is 7.13. The lowest BCUT2D eigenvalue weighted by Gasteiger charge is -2.32. The Kier molecular flexibility index (Phi) is 5.68. The summed E-state index contributed by atoms with van der Waals surface area (Å²) in [6.07, 6.45) is 17.6. The number of benzene rings is 1. The van der Waals surface area contributed by atoms with E-state index in [1.165, 1.54) is 82.5 Å². The van der Waals surface area contributed by atoms with E-state index in [9.17, 15) is 0 Å². The van der Waals surface area contributed by atoms with Crippen LogP contribution in [0.1, 0.15) is 70.6 Å². The Morgan fingerprint density at radius 3 is 2.12 bits per heavy atom. The zero-order valence-electron chi connectivity index (χ0n) is 15.0. The van der Waals surface area contributed by atoms with Crippen LogP contribution < -0.4 is 0 Å². The summed E-state index contributed by atoms with van der Waals surface area (Å²) in [4.78, 5) is 5.32. The molecule has 2 saturated carbocycles. The third-order valence-electron chi connectivity index (χ3n) is 6.54. The van der Waals surface area contributed by atoms with Gasteiger partial charge in [-0.05, 0) is 62.0 Å². The molecular weight excluding hydrogens is 309 g/mol. The van der Waals surface area contributed by atoms with E-state index in [4.69, 9.17) is 4.99 Å². The number of aliphatic imine (C=N–C) groups is 1. The fourth-order valence-corrected chi connectivity index (χ4v) is 8.79. The summed E-state index contributed by atoms with van der Waals surface area (Å²) in [6, 6.07) is 10.8. The fourth-order valence-electron chi connectivity index (χ4n) is 5.26. The van der Waals surface area contributed by atoms with Crippen LogP contribution in [-0.4, -0.2) is 17.3 Å². The van der Waals surface area contributed by atoms with E-state index in [-0.39, 0.29) is 7.92 Å². The molecular formula is C22H32NP. The number of hydrogen-bond acceptors (Lipinski definition) is 1. The van der Waals surface area contributed by atoms with Crippen LogP contribution in [0.2, 0.25) is 0 Å². The first-order valence-electron chi connectivity index (χ1n) is 10.3. The van der Waals surface area contributed by atoms with Crippen LogP contribution in [0.15, 0.2) is 35.3 Å². The maximum absolute atomic E-state index is 5.32. The standard InChI is InChI=1S/C22H32NP/c1-4-10-18(11-5-1)21-16-17-24(20-14-8-3-9-15-20)22(21)23-19-12-6-2-7-13-19/h2,6-7,12-13,18,20-21H,1,3-5,8-11,14-17H2. The van der Waals surface area contributed by atoms with Crippen molar-refractivity contribution in [2.24, 2.45) is 16.8 Å². The second-order valence-electron chi connectivity index (χ2n) is 8.08. The summed E-state index contributed by atoms with van der Waals surface area (Å²) in [5.41, 5.74) is 3.87. The summed E-state index contributed by atoms with van der Waals surface area (Å²) in [5, 5.41) is 0. The second kappa shape index (κ2) is 8.13. The summed E-state index contributed by atoms with van der Waals surface area (Å²) >= 11 is 0. The summed E-state index contributed by atoms with van der Waals surface area (Å²) < 4.78 is 0. The molecule has 1 aromatic rings. The summed E-state index contributed by atoms with van der Waals surface area (Å²) in [5.74, 6) is 1.76. The van der Waals surface area contributed by atoms with E-state index in [0.29, 0.717) is 0 Å². The normalized spacial score (nSPS) is 31.6. The largest absolute Gasteiger partial charge is 0.253 e. The maximum atomic E-state index is 5.32. The molecule has 2 atom stereocenters.